The van der Waals surface area contributed by atoms with E-state index >= 15 is 0 Å². The molecule has 0 bridgehead atoms. The highest BCUT2D eigenvalue weighted by atomic mass is 16.3. The van der Waals surface area contributed by atoms with E-state index in [4.69, 9.17) is 0 Å². The Morgan fingerprint density at radius 3 is 2.94 bits per heavy atom. The number of carbonyl (C=O) groups excluding carboxylic acids is 1. The van der Waals surface area contributed by atoms with Crippen molar-refractivity contribution in [2.45, 2.75) is 32.6 Å². The Morgan fingerprint density at radius 1 is 1.44 bits per heavy atom. The van der Waals surface area contributed by atoms with Gasteiger partial charge in [-0.1, -0.05) is 11.6 Å². The Hall–Kier alpha value is -1.77. The highest BCUT2D eigenvalue weighted by Gasteiger charge is 2.08. The zero-order chi connectivity index (χ0) is 13.0. The normalized spacial score (nSPS) is 14.4. The molecule has 0 atom stereocenters. The number of aryl methyl sites for hydroxylation is 1. The molecule has 18 heavy (non-hydrogen) atoms. The highest BCUT2D eigenvalue weighted by Crippen LogP contribution is 2.20. The van der Waals surface area contributed by atoms with Crippen LogP contribution in [-0.4, -0.2) is 17.6 Å². The Labute approximate surface area is 108 Å². The van der Waals surface area contributed by atoms with E-state index in [1.54, 1.807) is 25.1 Å². The summed E-state index contributed by atoms with van der Waals surface area (Å²) < 4.78 is 0. The molecule has 0 fully saturated rings. The average molecular weight is 245 g/mol. The molecular formula is C15H19NO2. The minimum Gasteiger partial charge on any atom is -0.508 e. The summed E-state index contributed by atoms with van der Waals surface area (Å²) in [7, 11) is 0. The standard InChI is InChI=1S/C15H19NO2/c1-11-10-13(6-7-14(11)17)15(18)16-9-8-12-4-2-3-5-12/h4,6-7,10,17H,2-3,5,8-9H2,1H3,(H,16,18). The molecule has 0 saturated carbocycles. The number of phenols is 1. The number of aromatic hydroxyl groups is 1. The lowest BCUT2D eigenvalue weighted by atomic mass is 10.1. The van der Waals surface area contributed by atoms with Gasteiger partial charge in [0.25, 0.3) is 5.91 Å². The van der Waals surface area contributed by atoms with Crippen LogP contribution in [0.5, 0.6) is 5.75 Å². The predicted molar refractivity (Wildman–Crippen MR) is 71.7 cm³/mol. The third-order valence-electron chi connectivity index (χ3n) is 3.33. The molecule has 96 valence electrons. The van der Waals surface area contributed by atoms with Gasteiger partial charge in [0.2, 0.25) is 0 Å². The van der Waals surface area contributed by atoms with E-state index < -0.39 is 0 Å². The van der Waals surface area contributed by atoms with Gasteiger partial charge in [-0.3, -0.25) is 4.79 Å². The molecule has 2 N–H and O–H groups in total. The van der Waals surface area contributed by atoms with Gasteiger partial charge in [-0.2, -0.15) is 0 Å². The molecule has 2 rings (SSSR count). The maximum atomic E-state index is 11.9. The van der Waals surface area contributed by atoms with Gasteiger partial charge >= 0.3 is 0 Å². The van der Waals surface area contributed by atoms with Crippen molar-refractivity contribution < 1.29 is 9.90 Å². The second kappa shape index (κ2) is 5.71. The van der Waals surface area contributed by atoms with Gasteiger partial charge in [0.1, 0.15) is 5.75 Å². The predicted octanol–water partition coefficient (Wildman–Crippen LogP) is 2.93. The number of hydrogen-bond donors (Lipinski definition) is 2. The Kier molecular flexibility index (Phi) is 4.03. The fourth-order valence-corrected chi connectivity index (χ4v) is 2.20. The largest absolute Gasteiger partial charge is 0.508 e. The van der Waals surface area contributed by atoms with E-state index in [1.165, 1.54) is 24.8 Å². The van der Waals surface area contributed by atoms with Crippen LogP contribution in [-0.2, 0) is 0 Å². The maximum Gasteiger partial charge on any atom is 0.251 e. The molecule has 0 aliphatic heterocycles. The summed E-state index contributed by atoms with van der Waals surface area (Å²) >= 11 is 0. The van der Waals surface area contributed by atoms with Crippen LogP contribution >= 0.6 is 0 Å². The van der Waals surface area contributed by atoms with Crippen molar-refractivity contribution in [3.63, 3.8) is 0 Å². The number of hydrogen-bond acceptors (Lipinski definition) is 2. The number of rotatable bonds is 4. The van der Waals surface area contributed by atoms with Crippen LogP contribution in [0, 0.1) is 6.92 Å². The van der Waals surface area contributed by atoms with E-state index in [0.29, 0.717) is 12.1 Å². The average Bonchev–Trinajstić information content (AvgIpc) is 2.85. The van der Waals surface area contributed by atoms with Crippen LogP contribution in [0.4, 0.5) is 0 Å². The lowest BCUT2D eigenvalue weighted by Gasteiger charge is -2.07. The lowest BCUT2D eigenvalue weighted by Crippen LogP contribution is -2.24. The number of amides is 1. The number of allylic oxidation sites excluding steroid dienone is 1. The van der Waals surface area contributed by atoms with Crippen LogP contribution in [0.2, 0.25) is 0 Å². The van der Waals surface area contributed by atoms with Crippen molar-refractivity contribution in [1.82, 2.24) is 5.32 Å². The fourth-order valence-electron chi connectivity index (χ4n) is 2.20. The summed E-state index contributed by atoms with van der Waals surface area (Å²) in [6, 6.07) is 4.91. The molecule has 3 nitrogen and oxygen atoms in total. The van der Waals surface area contributed by atoms with E-state index in [1.807, 2.05) is 0 Å². The molecule has 0 saturated heterocycles. The minimum absolute atomic E-state index is 0.0725. The molecule has 0 spiro atoms. The zero-order valence-electron chi connectivity index (χ0n) is 10.7. The Balaban J connectivity index is 1.85. The molecule has 0 heterocycles. The van der Waals surface area contributed by atoms with Crippen LogP contribution in [0.25, 0.3) is 0 Å². The second-order valence-electron chi connectivity index (χ2n) is 4.76. The molecule has 1 aliphatic carbocycles. The van der Waals surface area contributed by atoms with Gasteiger partial charge in [0.15, 0.2) is 0 Å². The molecule has 1 aromatic carbocycles. The molecule has 0 aromatic heterocycles. The van der Waals surface area contributed by atoms with Gasteiger partial charge in [0.05, 0.1) is 0 Å². The maximum absolute atomic E-state index is 11.9. The summed E-state index contributed by atoms with van der Waals surface area (Å²) in [6.45, 7) is 2.47. The first kappa shape index (κ1) is 12.7. The molecule has 0 radical (unpaired) electrons. The minimum atomic E-state index is -0.0725. The van der Waals surface area contributed by atoms with Crippen LogP contribution in [0.1, 0.15) is 41.6 Å². The van der Waals surface area contributed by atoms with Gasteiger partial charge in [-0.05, 0) is 56.4 Å². The quantitative estimate of drug-likeness (QED) is 0.801. The van der Waals surface area contributed by atoms with Gasteiger partial charge in [-0.15, -0.1) is 0 Å². The summed E-state index contributed by atoms with van der Waals surface area (Å²) in [5, 5.41) is 12.3. The number of phenolic OH excluding ortho intramolecular Hbond substituents is 1. The van der Waals surface area contributed by atoms with Crippen molar-refractivity contribution in [2.75, 3.05) is 6.54 Å². The van der Waals surface area contributed by atoms with Crippen LogP contribution in [0.3, 0.4) is 0 Å². The lowest BCUT2D eigenvalue weighted by molar-refractivity contribution is 0.0954. The van der Waals surface area contributed by atoms with Gasteiger partial charge < -0.3 is 10.4 Å². The van der Waals surface area contributed by atoms with Crippen molar-refractivity contribution in [3.05, 3.63) is 41.0 Å². The van der Waals surface area contributed by atoms with Crippen molar-refractivity contribution >= 4 is 5.91 Å². The number of carbonyl (C=O) groups is 1. The zero-order valence-corrected chi connectivity index (χ0v) is 10.7. The second-order valence-corrected chi connectivity index (χ2v) is 4.76. The first-order valence-electron chi connectivity index (χ1n) is 6.42. The van der Waals surface area contributed by atoms with E-state index in [-0.39, 0.29) is 11.7 Å². The number of benzene rings is 1. The Morgan fingerprint density at radius 2 is 2.28 bits per heavy atom. The van der Waals surface area contributed by atoms with E-state index in [9.17, 15) is 9.90 Å². The molecule has 1 aliphatic rings. The molecule has 3 heteroatoms. The Bertz CT molecular complexity index is 477. The molecule has 1 amide bonds. The topological polar surface area (TPSA) is 49.3 Å². The highest BCUT2D eigenvalue weighted by molar-refractivity contribution is 5.94. The van der Waals surface area contributed by atoms with Gasteiger partial charge in [-0.25, -0.2) is 0 Å². The summed E-state index contributed by atoms with van der Waals surface area (Å²) in [4.78, 5) is 11.9. The molecule has 0 unspecified atom stereocenters. The smallest absolute Gasteiger partial charge is 0.251 e. The van der Waals surface area contributed by atoms with Crippen LogP contribution < -0.4 is 5.32 Å². The van der Waals surface area contributed by atoms with Crippen molar-refractivity contribution in [2.24, 2.45) is 0 Å². The van der Waals surface area contributed by atoms with Gasteiger partial charge in [0, 0.05) is 12.1 Å². The first-order chi connectivity index (χ1) is 8.66. The number of nitrogens with one attached hydrogen (secondary N) is 1. The summed E-state index contributed by atoms with van der Waals surface area (Å²) in [5.41, 5.74) is 2.78. The first-order valence-corrected chi connectivity index (χ1v) is 6.42. The molecule has 1 aromatic rings. The van der Waals surface area contributed by atoms with Crippen molar-refractivity contribution in [1.29, 1.82) is 0 Å². The molecular weight excluding hydrogens is 226 g/mol. The fraction of sp³-hybridized carbons (Fsp3) is 0.400. The van der Waals surface area contributed by atoms with E-state index in [2.05, 4.69) is 11.4 Å². The third-order valence-corrected chi connectivity index (χ3v) is 3.33. The van der Waals surface area contributed by atoms with Crippen molar-refractivity contribution in [3.8, 4) is 5.75 Å². The monoisotopic (exact) mass is 245 g/mol. The summed E-state index contributed by atoms with van der Waals surface area (Å²) in [6.07, 6.45) is 6.83. The third kappa shape index (κ3) is 3.13. The van der Waals surface area contributed by atoms with Crippen LogP contribution in [0.15, 0.2) is 29.8 Å². The van der Waals surface area contributed by atoms with E-state index in [0.717, 1.165) is 12.0 Å². The summed E-state index contributed by atoms with van der Waals surface area (Å²) in [5.74, 6) is 0.152. The SMILES string of the molecule is Cc1cc(C(=O)NCCC2=CCCC2)ccc1O.